The number of benzene rings is 1. The zero-order chi connectivity index (χ0) is 10.8. The maximum Gasteiger partial charge on any atom is 0.150 e. The van der Waals surface area contributed by atoms with Crippen molar-refractivity contribution in [1.29, 1.82) is 0 Å². The van der Waals surface area contributed by atoms with Crippen molar-refractivity contribution in [3.05, 3.63) is 34.9 Å². The number of aliphatic hydroxyl groups excluding tert-OH is 1. The Morgan fingerprint density at radius 1 is 1.43 bits per heavy atom. The first kappa shape index (κ1) is 11.5. The molecule has 0 bridgehead atoms. The Morgan fingerprint density at radius 3 is 2.50 bits per heavy atom. The Morgan fingerprint density at radius 2 is 2.00 bits per heavy atom. The Labute approximate surface area is 88.2 Å². The van der Waals surface area contributed by atoms with Gasteiger partial charge in [0.2, 0.25) is 0 Å². The van der Waals surface area contributed by atoms with Gasteiger partial charge >= 0.3 is 0 Å². The summed E-state index contributed by atoms with van der Waals surface area (Å²) < 4.78 is 21.8. The van der Waals surface area contributed by atoms with Gasteiger partial charge < -0.3 is 5.11 Å². The topological polar surface area (TPSA) is 54.4 Å². The van der Waals surface area contributed by atoms with Crippen LogP contribution in [-0.4, -0.2) is 25.5 Å². The number of halogens is 1. The Bertz CT molecular complexity index is 414. The molecule has 0 aliphatic heterocycles. The Balaban J connectivity index is 2.90. The lowest BCUT2D eigenvalue weighted by atomic mass is 10.1. The molecule has 0 aliphatic carbocycles. The summed E-state index contributed by atoms with van der Waals surface area (Å²) in [5.41, 5.74) is 0.444. The molecule has 0 heterocycles. The van der Waals surface area contributed by atoms with Crippen molar-refractivity contribution in [3.8, 4) is 0 Å². The quantitative estimate of drug-likeness (QED) is 0.861. The van der Waals surface area contributed by atoms with Crippen LogP contribution in [0.1, 0.15) is 11.7 Å². The molecule has 0 saturated carbocycles. The summed E-state index contributed by atoms with van der Waals surface area (Å²) >= 11 is 5.79. The molecule has 14 heavy (non-hydrogen) atoms. The SMILES string of the molecule is CS(=O)(=O)CC(O)c1ccccc1Cl. The maximum absolute atomic E-state index is 10.9. The molecule has 3 nitrogen and oxygen atoms in total. The summed E-state index contributed by atoms with van der Waals surface area (Å²) in [6.45, 7) is 0. The fraction of sp³-hybridized carbons (Fsp3) is 0.333. The Hall–Kier alpha value is -0.580. The van der Waals surface area contributed by atoms with E-state index in [1.807, 2.05) is 0 Å². The number of hydrogen-bond donors (Lipinski definition) is 1. The molecule has 1 aromatic carbocycles. The van der Waals surface area contributed by atoms with Gasteiger partial charge in [0.05, 0.1) is 11.9 Å². The molecule has 0 amide bonds. The molecule has 1 atom stereocenters. The van der Waals surface area contributed by atoms with Crippen molar-refractivity contribution in [3.63, 3.8) is 0 Å². The van der Waals surface area contributed by atoms with Gasteiger partial charge in [-0.05, 0) is 6.07 Å². The number of hydrogen-bond acceptors (Lipinski definition) is 3. The second-order valence-corrected chi connectivity index (χ2v) is 5.72. The first-order valence-corrected chi connectivity index (χ1v) is 6.44. The molecule has 0 spiro atoms. The van der Waals surface area contributed by atoms with Crippen LogP contribution in [0.25, 0.3) is 0 Å². The van der Waals surface area contributed by atoms with E-state index in [0.717, 1.165) is 6.26 Å². The third-order valence-corrected chi connectivity index (χ3v) is 2.99. The molecule has 1 aromatic rings. The van der Waals surface area contributed by atoms with E-state index in [1.54, 1.807) is 24.3 Å². The molecule has 1 N–H and O–H groups in total. The summed E-state index contributed by atoms with van der Waals surface area (Å²) in [6, 6.07) is 6.65. The Kier molecular flexibility index (Phi) is 3.53. The second-order valence-electron chi connectivity index (χ2n) is 3.13. The molecule has 78 valence electrons. The van der Waals surface area contributed by atoms with E-state index in [1.165, 1.54) is 0 Å². The van der Waals surface area contributed by atoms with Crippen LogP contribution >= 0.6 is 11.6 Å². The minimum absolute atomic E-state index is 0.309. The number of sulfone groups is 1. The highest BCUT2D eigenvalue weighted by atomic mass is 35.5. The molecule has 1 rings (SSSR count). The van der Waals surface area contributed by atoms with Crippen LogP contribution in [0.4, 0.5) is 0 Å². The van der Waals surface area contributed by atoms with E-state index < -0.39 is 15.9 Å². The predicted molar refractivity (Wildman–Crippen MR) is 56.1 cm³/mol. The van der Waals surface area contributed by atoms with Crippen molar-refractivity contribution in [2.24, 2.45) is 0 Å². The van der Waals surface area contributed by atoms with Crippen molar-refractivity contribution >= 4 is 21.4 Å². The molecule has 1 unspecified atom stereocenters. The molecule has 0 saturated heterocycles. The fourth-order valence-corrected chi connectivity index (χ4v) is 2.14. The van der Waals surface area contributed by atoms with Crippen LogP contribution in [0.5, 0.6) is 0 Å². The monoisotopic (exact) mass is 234 g/mol. The summed E-state index contributed by atoms with van der Waals surface area (Å²) in [7, 11) is -3.20. The van der Waals surface area contributed by atoms with E-state index in [0.29, 0.717) is 10.6 Å². The van der Waals surface area contributed by atoms with E-state index in [2.05, 4.69) is 0 Å². The van der Waals surface area contributed by atoms with Gasteiger partial charge in [0.15, 0.2) is 0 Å². The van der Waals surface area contributed by atoms with Crippen molar-refractivity contribution < 1.29 is 13.5 Å². The lowest BCUT2D eigenvalue weighted by Gasteiger charge is -2.10. The van der Waals surface area contributed by atoms with Gasteiger partial charge in [0.1, 0.15) is 9.84 Å². The van der Waals surface area contributed by atoms with Crippen molar-refractivity contribution in [1.82, 2.24) is 0 Å². The minimum atomic E-state index is -3.20. The molecule has 0 aliphatic rings. The van der Waals surface area contributed by atoms with E-state index in [-0.39, 0.29) is 5.75 Å². The van der Waals surface area contributed by atoms with Gasteiger partial charge in [-0.1, -0.05) is 29.8 Å². The molecular formula is C9H11ClO3S. The van der Waals surface area contributed by atoms with Gasteiger partial charge in [0.25, 0.3) is 0 Å². The van der Waals surface area contributed by atoms with Crippen molar-refractivity contribution in [2.45, 2.75) is 6.10 Å². The summed E-state index contributed by atoms with van der Waals surface area (Å²) in [4.78, 5) is 0. The average molecular weight is 235 g/mol. The van der Waals surface area contributed by atoms with Gasteiger partial charge in [-0.15, -0.1) is 0 Å². The van der Waals surface area contributed by atoms with Crippen LogP contribution in [0.2, 0.25) is 5.02 Å². The molecular weight excluding hydrogens is 224 g/mol. The third kappa shape index (κ3) is 3.29. The smallest absolute Gasteiger partial charge is 0.150 e. The van der Waals surface area contributed by atoms with Crippen LogP contribution in [0, 0.1) is 0 Å². The normalized spacial score (nSPS) is 13.9. The highest BCUT2D eigenvalue weighted by molar-refractivity contribution is 7.90. The minimum Gasteiger partial charge on any atom is -0.387 e. The largest absolute Gasteiger partial charge is 0.387 e. The maximum atomic E-state index is 10.9. The summed E-state index contributed by atoms with van der Waals surface area (Å²) in [5.74, 6) is -0.309. The van der Waals surface area contributed by atoms with Crippen LogP contribution < -0.4 is 0 Å². The van der Waals surface area contributed by atoms with Crippen LogP contribution in [-0.2, 0) is 9.84 Å². The van der Waals surface area contributed by atoms with Crippen LogP contribution in [0.3, 0.4) is 0 Å². The standard InChI is InChI=1S/C9H11ClO3S/c1-14(12,13)6-9(11)7-4-2-3-5-8(7)10/h2-5,9,11H,6H2,1H3. The zero-order valence-electron chi connectivity index (χ0n) is 7.64. The second kappa shape index (κ2) is 4.29. The third-order valence-electron chi connectivity index (χ3n) is 1.72. The first-order valence-electron chi connectivity index (χ1n) is 4.00. The lowest BCUT2D eigenvalue weighted by Crippen LogP contribution is -2.12. The van der Waals surface area contributed by atoms with Gasteiger partial charge in [0, 0.05) is 16.8 Å². The zero-order valence-corrected chi connectivity index (χ0v) is 9.22. The summed E-state index contributed by atoms with van der Waals surface area (Å²) in [5, 5.41) is 9.95. The molecule has 0 fully saturated rings. The van der Waals surface area contributed by atoms with E-state index in [9.17, 15) is 13.5 Å². The molecule has 0 aromatic heterocycles. The molecule has 5 heteroatoms. The lowest BCUT2D eigenvalue weighted by molar-refractivity contribution is 0.202. The number of aliphatic hydroxyl groups is 1. The van der Waals surface area contributed by atoms with Gasteiger partial charge in [-0.25, -0.2) is 8.42 Å². The fourth-order valence-electron chi connectivity index (χ4n) is 1.12. The van der Waals surface area contributed by atoms with E-state index in [4.69, 9.17) is 11.6 Å². The molecule has 0 radical (unpaired) electrons. The number of rotatable bonds is 3. The average Bonchev–Trinajstić information content (AvgIpc) is 2.01. The first-order chi connectivity index (χ1) is 6.40. The summed E-state index contributed by atoms with van der Waals surface area (Å²) in [6.07, 6.45) is 0.0197. The predicted octanol–water partition coefficient (Wildman–Crippen LogP) is 1.42. The van der Waals surface area contributed by atoms with Gasteiger partial charge in [-0.3, -0.25) is 0 Å². The highest BCUT2D eigenvalue weighted by Gasteiger charge is 2.16. The van der Waals surface area contributed by atoms with Gasteiger partial charge in [-0.2, -0.15) is 0 Å². The van der Waals surface area contributed by atoms with E-state index >= 15 is 0 Å². The highest BCUT2D eigenvalue weighted by Crippen LogP contribution is 2.23. The van der Waals surface area contributed by atoms with Crippen LogP contribution in [0.15, 0.2) is 24.3 Å². The van der Waals surface area contributed by atoms with Crippen molar-refractivity contribution in [2.75, 3.05) is 12.0 Å².